The average molecular weight is 392 g/mol. The van der Waals surface area contributed by atoms with Gasteiger partial charge in [0.1, 0.15) is 0 Å². The highest BCUT2D eigenvalue weighted by Gasteiger charge is 2.28. The van der Waals surface area contributed by atoms with Gasteiger partial charge in [-0.1, -0.05) is 39.3 Å². The van der Waals surface area contributed by atoms with Gasteiger partial charge in [0.25, 0.3) is 5.91 Å². The lowest BCUT2D eigenvalue weighted by atomic mass is 9.91. The van der Waals surface area contributed by atoms with Crippen LogP contribution in [0.2, 0.25) is 0 Å². The molecule has 0 radical (unpaired) electrons. The third-order valence-electron chi connectivity index (χ3n) is 5.28. The summed E-state index contributed by atoms with van der Waals surface area (Å²) in [4.78, 5) is 24.4. The molecule has 1 amide bonds. The van der Waals surface area contributed by atoms with Crippen LogP contribution in [0.3, 0.4) is 0 Å². The zero-order valence-corrected chi connectivity index (χ0v) is 17.5. The predicted octanol–water partition coefficient (Wildman–Crippen LogP) is 4.35. The minimum Gasteiger partial charge on any atom is -0.354 e. The number of piperidine rings is 1. The maximum Gasteiger partial charge on any atom is 0.257 e. The number of benzene rings is 1. The van der Waals surface area contributed by atoms with Crippen LogP contribution in [0.25, 0.3) is 11.3 Å². The lowest BCUT2D eigenvalue weighted by Gasteiger charge is -2.35. The molecule has 1 aromatic heterocycles. The maximum atomic E-state index is 13.4. The van der Waals surface area contributed by atoms with Crippen molar-refractivity contribution < 1.29 is 4.79 Å². The van der Waals surface area contributed by atoms with E-state index in [1.54, 1.807) is 18.3 Å². The highest BCUT2D eigenvalue weighted by Crippen LogP contribution is 2.27. The van der Waals surface area contributed by atoms with Crippen LogP contribution in [0, 0.1) is 23.2 Å². The van der Waals surface area contributed by atoms with Crippen LogP contribution in [0.4, 0.5) is 5.95 Å². The Morgan fingerprint density at radius 2 is 1.93 bits per heavy atom. The van der Waals surface area contributed by atoms with Crippen molar-refractivity contribution in [2.24, 2.45) is 11.8 Å². The summed E-state index contributed by atoms with van der Waals surface area (Å²) in [5.74, 6) is 1.46. The molecule has 2 unspecified atom stereocenters. The summed E-state index contributed by atoms with van der Waals surface area (Å²) < 4.78 is 0. The number of hydrogen-bond acceptors (Lipinski definition) is 5. The summed E-state index contributed by atoms with van der Waals surface area (Å²) in [7, 11) is 0. The molecule has 2 atom stereocenters. The van der Waals surface area contributed by atoms with Gasteiger partial charge in [0, 0.05) is 31.4 Å². The molecule has 3 rings (SSSR count). The topological polar surface area (TPSA) is 81.9 Å². The minimum absolute atomic E-state index is 0.0251. The molecule has 1 aromatic carbocycles. The first-order valence-corrected chi connectivity index (χ1v) is 10.4. The quantitative estimate of drug-likeness (QED) is 0.741. The Kier molecular flexibility index (Phi) is 6.82. The number of anilines is 1. The molecule has 0 aliphatic carbocycles. The van der Waals surface area contributed by atoms with Crippen molar-refractivity contribution in [3.8, 4) is 17.3 Å². The second kappa shape index (κ2) is 9.51. The second-order valence-corrected chi connectivity index (χ2v) is 8.08. The number of nitriles is 1. The van der Waals surface area contributed by atoms with Gasteiger partial charge >= 0.3 is 0 Å². The van der Waals surface area contributed by atoms with E-state index in [0.29, 0.717) is 34.6 Å². The van der Waals surface area contributed by atoms with Crippen LogP contribution in [-0.2, 0) is 0 Å². The van der Waals surface area contributed by atoms with Gasteiger partial charge in [0.2, 0.25) is 5.95 Å². The Bertz CT molecular complexity index is 877. The van der Waals surface area contributed by atoms with Gasteiger partial charge in [-0.05, 0) is 36.8 Å². The number of unbranched alkanes of at least 4 members (excludes halogenated alkanes) is 1. The summed E-state index contributed by atoms with van der Waals surface area (Å²) in [6.07, 6.45) is 4.89. The molecular formula is C23H29N5O. The summed E-state index contributed by atoms with van der Waals surface area (Å²) in [5, 5.41) is 12.3. The van der Waals surface area contributed by atoms with Gasteiger partial charge in [0.15, 0.2) is 0 Å². The fourth-order valence-electron chi connectivity index (χ4n) is 3.92. The fourth-order valence-corrected chi connectivity index (χ4v) is 3.92. The van der Waals surface area contributed by atoms with Crippen LogP contribution in [-0.4, -0.2) is 40.4 Å². The first-order chi connectivity index (χ1) is 14.0. The lowest BCUT2D eigenvalue weighted by Crippen LogP contribution is -2.42. The zero-order valence-electron chi connectivity index (χ0n) is 17.5. The summed E-state index contributed by atoms with van der Waals surface area (Å²) in [5.41, 5.74) is 2.51. The van der Waals surface area contributed by atoms with Gasteiger partial charge in [-0.25, -0.2) is 9.97 Å². The van der Waals surface area contributed by atoms with Crippen molar-refractivity contribution in [2.75, 3.05) is 25.0 Å². The Labute approximate surface area is 173 Å². The van der Waals surface area contributed by atoms with Crippen molar-refractivity contribution in [2.45, 2.75) is 40.0 Å². The first-order valence-electron chi connectivity index (χ1n) is 10.4. The number of rotatable bonds is 6. The molecule has 0 bridgehead atoms. The number of nitrogens with zero attached hydrogens (tertiary/aromatic N) is 4. The Balaban J connectivity index is 1.96. The molecule has 6 nitrogen and oxygen atoms in total. The van der Waals surface area contributed by atoms with Crippen LogP contribution in [0.5, 0.6) is 0 Å². The highest BCUT2D eigenvalue weighted by molar-refractivity contribution is 6.00. The molecule has 29 heavy (non-hydrogen) atoms. The van der Waals surface area contributed by atoms with Gasteiger partial charge in [0.05, 0.1) is 22.9 Å². The minimum atomic E-state index is -0.0251. The molecule has 1 saturated heterocycles. The summed E-state index contributed by atoms with van der Waals surface area (Å²) >= 11 is 0. The predicted molar refractivity (Wildman–Crippen MR) is 114 cm³/mol. The number of amides is 1. The monoisotopic (exact) mass is 391 g/mol. The second-order valence-electron chi connectivity index (χ2n) is 8.08. The van der Waals surface area contributed by atoms with Crippen LogP contribution in [0.15, 0.2) is 30.5 Å². The molecule has 1 N–H and O–H groups in total. The van der Waals surface area contributed by atoms with Crippen LogP contribution in [0.1, 0.15) is 56.0 Å². The zero-order chi connectivity index (χ0) is 20.8. The third-order valence-corrected chi connectivity index (χ3v) is 5.28. The molecule has 1 fully saturated rings. The average Bonchev–Trinajstić information content (AvgIpc) is 2.73. The van der Waals surface area contributed by atoms with E-state index in [9.17, 15) is 4.79 Å². The fraction of sp³-hybridized carbons (Fsp3) is 0.478. The van der Waals surface area contributed by atoms with Gasteiger partial charge in [-0.15, -0.1) is 0 Å². The van der Waals surface area contributed by atoms with Gasteiger partial charge < -0.3 is 10.2 Å². The largest absolute Gasteiger partial charge is 0.354 e. The third kappa shape index (κ3) is 5.11. The maximum absolute atomic E-state index is 13.4. The van der Waals surface area contributed by atoms with Crippen LogP contribution < -0.4 is 5.32 Å². The number of hydrogen-bond donors (Lipinski definition) is 1. The molecule has 0 saturated carbocycles. The SMILES string of the molecule is CCCCNc1ncc(C(=O)N2CC(C)CC(C)C2)c(-c2ccc(C#N)cc2)n1. The molecule has 1 aliphatic heterocycles. The first kappa shape index (κ1) is 20.8. The molecule has 2 aromatic rings. The van der Waals surface area contributed by atoms with Crippen molar-refractivity contribution in [1.82, 2.24) is 14.9 Å². The normalized spacial score (nSPS) is 18.9. The summed E-state index contributed by atoms with van der Waals surface area (Å²) in [6, 6.07) is 9.32. The molecule has 2 heterocycles. The van der Waals surface area contributed by atoms with E-state index in [2.05, 4.69) is 42.1 Å². The van der Waals surface area contributed by atoms with E-state index in [1.807, 2.05) is 17.0 Å². The smallest absolute Gasteiger partial charge is 0.257 e. The van der Waals surface area contributed by atoms with Crippen molar-refractivity contribution in [3.05, 3.63) is 41.6 Å². The molecule has 152 valence electrons. The molecule has 6 heteroatoms. The Morgan fingerprint density at radius 3 is 2.55 bits per heavy atom. The van der Waals surface area contributed by atoms with Crippen molar-refractivity contribution >= 4 is 11.9 Å². The van der Waals surface area contributed by atoms with E-state index < -0.39 is 0 Å². The Morgan fingerprint density at radius 1 is 1.24 bits per heavy atom. The van der Waals surface area contributed by atoms with Crippen LogP contribution >= 0.6 is 0 Å². The van der Waals surface area contributed by atoms with E-state index >= 15 is 0 Å². The molecule has 1 aliphatic rings. The molecular weight excluding hydrogens is 362 g/mol. The van der Waals surface area contributed by atoms with E-state index in [-0.39, 0.29) is 5.91 Å². The van der Waals surface area contributed by atoms with Crippen molar-refractivity contribution in [1.29, 1.82) is 5.26 Å². The number of likely N-dealkylation sites (tertiary alicyclic amines) is 1. The van der Waals surface area contributed by atoms with Crippen molar-refractivity contribution in [3.63, 3.8) is 0 Å². The number of aromatic nitrogens is 2. The van der Waals surface area contributed by atoms with E-state index in [1.165, 1.54) is 0 Å². The summed E-state index contributed by atoms with van der Waals surface area (Å²) in [6.45, 7) is 8.81. The number of carbonyl (C=O) groups is 1. The Hall–Kier alpha value is -2.94. The lowest BCUT2D eigenvalue weighted by molar-refractivity contribution is 0.0623. The number of carbonyl (C=O) groups excluding carboxylic acids is 1. The molecule has 0 spiro atoms. The van der Waals surface area contributed by atoms with E-state index in [4.69, 9.17) is 5.26 Å². The van der Waals surface area contributed by atoms with Gasteiger partial charge in [-0.2, -0.15) is 5.26 Å². The highest BCUT2D eigenvalue weighted by atomic mass is 16.2. The van der Waals surface area contributed by atoms with Gasteiger partial charge in [-0.3, -0.25) is 4.79 Å². The number of nitrogens with one attached hydrogen (secondary N) is 1. The van der Waals surface area contributed by atoms with E-state index in [0.717, 1.165) is 44.5 Å². The standard InChI is InChI=1S/C23H29N5O/c1-4-5-10-25-23-26-13-20(22(29)28-14-16(2)11-17(3)15-28)21(27-23)19-8-6-18(12-24)7-9-19/h6-9,13,16-17H,4-5,10-11,14-15H2,1-3H3,(H,25,26,27).